The summed E-state index contributed by atoms with van der Waals surface area (Å²) in [7, 11) is -3.86. The van der Waals surface area contributed by atoms with Crippen LogP contribution in [0.3, 0.4) is 0 Å². The van der Waals surface area contributed by atoms with Crippen LogP contribution < -0.4 is 10.0 Å². The number of pyridine rings is 1. The van der Waals surface area contributed by atoms with Gasteiger partial charge in [0.2, 0.25) is 5.95 Å². The summed E-state index contributed by atoms with van der Waals surface area (Å²) < 4.78 is 28.2. The summed E-state index contributed by atoms with van der Waals surface area (Å²) in [6, 6.07) is 14.5. The van der Waals surface area contributed by atoms with Gasteiger partial charge in [0.1, 0.15) is 10.7 Å². The molecule has 0 amide bonds. The molecule has 0 bridgehead atoms. The van der Waals surface area contributed by atoms with Crippen LogP contribution in [0.2, 0.25) is 5.02 Å². The standard InChI is InChI=1S/C28H29ClN5O2S/c1-3-19-15-20(16-21-17-30-28(33-27(19)21)32-22-9-5-4-6-10-22)23-13-14-26(31-18(23)2)34-37(35,36)25-12-8-7-11-24(25)29/h4,7-8,11-17,22H,3,5-6,9-10H2,1-2H3,(H,31,34)(H,30,32,33). The minimum atomic E-state index is -3.86. The third-order valence-electron chi connectivity index (χ3n) is 6.68. The van der Waals surface area contributed by atoms with Crippen LogP contribution >= 0.6 is 11.6 Å². The number of nitrogens with one attached hydrogen (secondary N) is 2. The van der Waals surface area contributed by atoms with Gasteiger partial charge < -0.3 is 5.32 Å². The summed E-state index contributed by atoms with van der Waals surface area (Å²) in [5.41, 5.74) is 4.67. The van der Waals surface area contributed by atoms with E-state index < -0.39 is 10.0 Å². The highest BCUT2D eigenvalue weighted by molar-refractivity contribution is 7.92. The second kappa shape index (κ2) is 10.6. The number of aryl methyl sites for hydroxylation is 2. The summed E-state index contributed by atoms with van der Waals surface area (Å²) in [6.07, 6.45) is 9.51. The lowest BCUT2D eigenvalue weighted by Gasteiger charge is -2.22. The van der Waals surface area contributed by atoms with E-state index in [4.69, 9.17) is 16.6 Å². The van der Waals surface area contributed by atoms with Crippen molar-refractivity contribution in [1.82, 2.24) is 15.0 Å². The van der Waals surface area contributed by atoms with Gasteiger partial charge in [-0.25, -0.2) is 23.4 Å². The molecule has 0 aliphatic heterocycles. The van der Waals surface area contributed by atoms with Crippen molar-refractivity contribution in [3.63, 3.8) is 0 Å². The predicted molar refractivity (Wildman–Crippen MR) is 149 cm³/mol. The fraction of sp³-hybridized carbons (Fsp3) is 0.286. The smallest absolute Gasteiger partial charge is 0.264 e. The minimum absolute atomic E-state index is 0.0120. The molecule has 2 heterocycles. The van der Waals surface area contributed by atoms with Gasteiger partial charge in [-0.1, -0.05) is 30.7 Å². The van der Waals surface area contributed by atoms with Crippen LogP contribution in [0, 0.1) is 13.3 Å². The number of hydrogen-bond acceptors (Lipinski definition) is 6. The normalized spacial score (nSPS) is 14.6. The molecule has 2 aromatic carbocycles. The van der Waals surface area contributed by atoms with E-state index in [1.165, 1.54) is 6.07 Å². The highest BCUT2D eigenvalue weighted by Gasteiger charge is 2.19. The summed E-state index contributed by atoms with van der Waals surface area (Å²) in [4.78, 5) is 14.0. The lowest BCUT2D eigenvalue weighted by Crippen LogP contribution is -2.23. The maximum atomic E-state index is 12.8. The minimum Gasteiger partial charge on any atom is -0.351 e. The molecule has 191 valence electrons. The topological polar surface area (TPSA) is 96.9 Å². The number of sulfonamides is 1. The number of anilines is 2. The van der Waals surface area contributed by atoms with Crippen LogP contribution in [-0.2, 0) is 16.4 Å². The molecule has 37 heavy (non-hydrogen) atoms. The first kappa shape index (κ1) is 25.4. The Morgan fingerprint density at radius 1 is 1.05 bits per heavy atom. The van der Waals surface area contributed by atoms with Crippen LogP contribution in [0.4, 0.5) is 11.8 Å². The van der Waals surface area contributed by atoms with Gasteiger partial charge in [0.05, 0.1) is 10.5 Å². The molecule has 1 aliphatic carbocycles. The van der Waals surface area contributed by atoms with Gasteiger partial charge in [0.15, 0.2) is 0 Å². The summed E-state index contributed by atoms with van der Waals surface area (Å²) in [5, 5.41) is 4.62. The van der Waals surface area contributed by atoms with E-state index >= 15 is 0 Å². The van der Waals surface area contributed by atoms with Gasteiger partial charge in [-0.3, -0.25) is 4.72 Å². The number of halogens is 1. The Balaban J connectivity index is 1.43. The summed E-state index contributed by atoms with van der Waals surface area (Å²) >= 11 is 6.09. The number of fused-ring (bicyclic) bond motifs is 1. The molecule has 2 aromatic heterocycles. The number of nitrogens with zero attached hydrogens (tertiary/aromatic N) is 3. The van der Waals surface area contributed by atoms with Crippen LogP contribution in [0.15, 0.2) is 59.6 Å². The maximum Gasteiger partial charge on any atom is 0.264 e. The van der Waals surface area contributed by atoms with Gasteiger partial charge >= 0.3 is 0 Å². The van der Waals surface area contributed by atoms with Crippen molar-refractivity contribution in [3.05, 3.63) is 77.4 Å². The molecule has 1 aliphatic rings. The van der Waals surface area contributed by atoms with Crippen LogP contribution in [0.1, 0.15) is 43.9 Å². The van der Waals surface area contributed by atoms with E-state index in [9.17, 15) is 8.42 Å². The number of benzene rings is 2. The number of aromatic nitrogens is 3. The molecule has 1 fully saturated rings. The van der Waals surface area contributed by atoms with Crippen LogP contribution in [0.25, 0.3) is 22.0 Å². The Labute approximate surface area is 222 Å². The van der Waals surface area contributed by atoms with E-state index in [0.29, 0.717) is 17.7 Å². The number of rotatable bonds is 7. The van der Waals surface area contributed by atoms with Gasteiger partial charge in [0, 0.05) is 28.9 Å². The second-order valence-electron chi connectivity index (χ2n) is 9.27. The summed E-state index contributed by atoms with van der Waals surface area (Å²) in [6.45, 7) is 3.98. The molecule has 5 rings (SSSR count). The molecule has 1 saturated carbocycles. The Bertz CT molecular complexity index is 1550. The zero-order valence-electron chi connectivity index (χ0n) is 20.8. The van der Waals surface area contributed by atoms with Crippen molar-refractivity contribution in [2.45, 2.75) is 56.9 Å². The fourth-order valence-corrected chi connectivity index (χ4v) is 6.27. The van der Waals surface area contributed by atoms with E-state index in [-0.39, 0.29) is 15.7 Å². The lowest BCUT2D eigenvalue weighted by atomic mass is 9.96. The number of hydrogen-bond donors (Lipinski definition) is 2. The van der Waals surface area contributed by atoms with Gasteiger partial charge in [0.25, 0.3) is 10.0 Å². The highest BCUT2D eigenvalue weighted by atomic mass is 35.5. The fourth-order valence-electron chi connectivity index (χ4n) is 4.75. The van der Waals surface area contributed by atoms with Gasteiger partial charge in [-0.2, -0.15) is 0 Å². The molecular weight excluding hydrogens is 506 g/mol. The second-order valence-corrected chi connectivity index (χ2v) is 11.3. The van der Waals surface area contributed by atoms with Gasteiger partial charge in [-0.15, -0.1) is 0 Å². The monoisotopic (exact) mass is 534 g/mol. The molecule has 0 spiro atoms. The molecule has 2 N–H and O–H groups in total. The van der Waals surface area contributed by atoms with E-state index in [1.54, 1.807) is 24.3 Å². The zero-order chi connectivity index (χ0) is 26.0. The van der Waals surface area contributed by atoms with E-state index in [1.807, 2.05) is 19.2 Å². The van der Waals surface area contributed by atoms with Crippen molar-refractivity contribution in [1.29, 1.82) is 0 Å². The predicted octanol–water partition coefficient (Wildman–Crippen LogP) is 6.58. The molecule has 0 unspecified atom stereocenters. The molecule has 0 atom stereocenters. The first-order valence-corrected chi connectivity index (χ1v) is 14.3. The first-order chi connectivity index (χ1) is 17.8. The average molecular weight is 535 g/mol. The van der Waals surface area contributed by atoms with Crippen molar-refractivity contribution in [2.24, 2.45) is 0 Å². The third kappa shape index (κ3) is 5.55. The van der Waals surface area contributed by atoms with E-state index in [0.717, 1.165) is 59.7 Å². The molecule has 4 aromatic rings. The Hall–Kier alpha value is -3.23. The Kier molecular flexibility index (Phi) is 7.31. The van der Waals surface area contributed by atoms with Gasteiger partial charge in [-0.05, 0) is 93.0 Å². The highest BCUT2D eigenvalue weighted by Crippen LogP contribution is 2.31. The Morgan fingerprint density at radius 2 is 1.84 bits per heavy atom. The lowest BCUT2D eigenvalue weighted by molar-refractivity contribution is 0.532. The quantitative estimate of drug-likeness (QED) is 0.278. The van der Waals surface area contributed by atoms with Crippen molar-refractivity contribution < 1.29 is 8.42 Å². The summed E-state index contributed by atoms with van der Waals surface area (Å²) in [5.74, 6) is 0.909. The molecule has 9 heteroatoms. The van der Waals surface area contributed by atoms with Crippen LogP contribution in [-0.4, -0.2) is 29.4 Å². The van der Waals surface area contributed by atoms with E-state index in [2.05, 4.69) is 45.5 Å². The molecule has 7 nitrogen and oxygen atoms in total. The van der Waals surface area contributed by atoms with Crippen LogP contribution in [0.5, 0.6) is 0 Å². The maximum absolute atomic E-state index is 12.8. The average Bonchev–Trinajstić information content (AvgIpc) is 2.89. The van der Waals surface area contributed by atoms with Crippen molar-refractivity contribution in [2.75, 3.05) is 10.0 Å². The first-order valence-electron chi connectivity index (χ1n) is 12.5. The zero-order valence-corrected chi connectivity index (χ0v) is 22.4. The Morgan fingerprint density at radius 3 is 2.57 bits per heavy atom. The SMILES string of the molecule is CCc1cc(-c2ccc(NS(=O)(=O)c3ccccc3Cl)nc2C)cc2cnc(NC3CC[CH]CC3)nc12. The third-order valence-corrected chi connectivity index (χ3v) is 8.53. The van der Waals surface area contributed by atoms with Crippen molar-refractivity contribution in [3.8, 4) is 11.1 Å². The molecule has 0 saturated heterocycles. The molecule has 1 radical (unpaired) electrons. The largest absolute Gasteiger partial charge is 0.351 e. The molecular formula is C28H29ClN5O2S. The van der Waals surface area contributed by atoms with Crippen molar-refractivity contribution >= 4 is 44.3 Å².